The highest BCUT2D eigenvalue weighted by atomic mass is 16.6. The summed E-state index contributed by atoms with van der Waals surface area (Å²) in [5, 5.41) is 6.88. The Kier molecular flexibility index (Phi) is 4.87. The van der Waals surface area contributed by atoms with Crippen LogP contribution in [0.5, 0.6) is 11.5 Å². The van der Waals surface area contributed by atoms with Crippen LogP contribution in [0.4, 0.5) is 4.79 Å². The van der Waals surface area contributed by atoms with Crippen LogP contribution in [0.2, 0.25) is 0 Å². The van der Waals surface area contributed by atoms with Gasteiger partial charge in [-0.15, -0.1) is 0 Å². The highest BCUT2D eigenvalue weighted by molar-refractivity contribution is 5.74. The third-order valence-corrected chi connectivity index (χ3v) is 4.99. The molecule has 1 aliphatic carbocycles. The zero-order chi connectivity index (χ0) is 18.8. The van der Waals surface area contributed by atoms with Crippen LogP contribution in [0.3, 0.4) is 0 Å². The van der Waals surface area contributed by atoms with Gasteiger partial charge in [0.05, 0.1) is 6.04 Å². The Labute approximate surface area is 157 Å². The molecule has 1 saturated carbocycles. The van der Waals surface area contributed by atoms with Crippen LogP contribution >= 0.6 is 0 Å². The van der Waals surface area contributed by atoms with E-state index in [1.54, 1.807) is 11.9 Å². The molecule has 144 valence electrons. The predicted octanol–water partition coefficient (Wildman–Crippen LogP) is 2.66. The van der Waals surface area contributed by atoms with E-state index >= 15 is 0 Å². The van der Waals surface area contributed by atoms with E-state index in [1.165, 1.54) is 0 Å². The van der Waals surface area contributed by atoms with E-state index in [9.17, 15) is 4.79 Å². The Bertz CT molecular complexity index is 818. The summed E-state index contributed by atoms with van der Waals surface area (Å²) in [6.07, 6.45) is 2.80. The molecule has 2 aromatic rings. The molecular formula is C19H24N4O4. The number of benzene rings is 1. The van der Waals surface area contributed by atoms with Gasteiger partial charge in [-0.25, -0.2) is 4.79 Å². The summed E-state index contributed by atoms with van der Waals surface area (Å²) >= 11 is 0. The van der Waals surface area contributed by atoms with Gasteiger partial charge in [0.25, 0.3) is 0 Å². The Morgan fingerprint density at radius 1 is 1.30 bits per heavy atom. The van der Waals surface area contributed by atoms with E-state index in [0.29, 0.717) is 38.0 Å². The molecule has 0 bridgehead atoms. The van der Waals surface area contributed by atoms with E-state index < -0.39 is 0 Å². The zero-order valence-electron chi connectivity index (χ0n) is 15.6. The molecule has 2 aliphatic rings. The van der Waals surface area contributed by atoms with Gasteiger partial charge in [0.15, 0.2) is 17.3 Å². The van der Waals surface area contributed by atoms with Crippen molar-refractivity contribution in [1.29, 1.82) is 0 Å². The molecule has 2 amide bonds. The standard InChI is InChI=1S/C19H24N4O4/c1-12(14-5-6-15-16(11-14)26-10-9-25-15)23(2)19(24)20-8-7-17-21-18(22-27-17)13-3-4-13/h5-6,11-13H,3-4,7-10H2,1-2H3,(H,20,24)/t12-/m0/s1. The maximum absolute atomic E-state index is 12.5. The van der Waals surface area contributed by atoms with Crippen LogP contribution in [0.1, 0.15) is 49.0 Å². The van der Waals surface area contributed by atoms with Crippen LogP contribution < -0.4 is 14.8 Å². The van der Waals surface area contributed by atoms with Crippen molar-refractivity contribution in [1.82, 2.24) is 20.4 Å². The number of ether oxygens (including phenoxy) is 2. The smallest absolute Gasteiger partial charge is 0.317 e. The lowest BCUT2D eigenvalue weighted by molar-refractivity contribution is 0.170. The molecule has 2 heterocycles. The van der Waals surface area contributed by atoms with Crippen molar-refractivity contribution < 1.29 is 18.8 Å². The molecule has 1 atom stereocenters. The summed E-state index contributed by atoms with van der Waals surface area (Å²) in [6.45, 7) is 3.53. The van der Waals surface area contributed by atoms with Crippen molar-refractivity contribution in [3.05, 3.63) is 35.5 Å². The third kappa shape index (κ3) is 3.99. The first kappa shape index (κ1) is 17.6. The molecule has 0 unspecified atom stereocenters. The summed E-state index contributed by atoms with van der Waals surface area (Å²) < 4.78 is 16.4. The molecule has 8 heteroatoms. The fourth-order valence-electron chi connectivity index (χ4n) is 3.00. The predicted molar refractivity (Wildman–Crippen MR) is 97.0 cm³/mol. The first-order valence-electron chi connectivity index (χ1n) is 9.34. The van der Waals surface area contributed by atoms with Gasteiger partial charge in [0.1, 0.15) is 13.2 Å². The first-order chi connectivity index (χ1) is 13.1. The minimum Gasteiger partial charge on any atom is -0.486 e. The largest absolute Gasteiger partial charge is 0.486 e. The Hall–Kier alpha value is -2.77. The van der Waals surface area contributed by atoms with Gasteiger partial charge in [-0.2, -0.15) is 4.98 Å². The molecule has 0 saturated heterocycles. The van der Waals surface area contributed by atoms with E-state index in [4.69, 9.17) is 14.0 Å². The number of urea groups is 1. The number of nitrogens with one attached hydrogen (secondary N) is 1. The molecule has 1 N–H and O–H groups in total. The second-order valence-electron chi connectivity index (χ2n) is 6.99. The fourth-order valence-corrected chi connectivity index (χ4v) is 3.00. The van der Waals surface area contributed by atoms with Crippen LogP contribution in [-0.2, 0) is 6.42 Å². The van der Waals surface area contributed by atoms with Gasteiger partial charge in [0, 0.05) is 25.9 Å². The van der Waals surface area contributed by atoms with E-state index in [1.807, 2.05) is 25.1 Å². The second-order valence-corrected chi connectivity index (χ2v) is 6.99. The SMILES string of the molecule is C[C@@H](c1ccc2c(c1)OCCO2)N(C)C(=O)NCCc1nc(C2CC2)no1. The number of aromatic nitrogens is 2. The van der Waals surface area contributed by atoms with Crippen LogP contribution in [-0.4, -0.2) is 47.9 Å². The number of hydrogen-bond donors (Lipinski definition) is 1. The highest BCUT2D eigenvalue weighted by Crippen LogP contribution is 2.38. The number of nitrogens with zero attached hydrogens (tertiary/aromatic N) is 3. The lowest BCUT2D eigenvalue weighted by atomic mass is 10.1. The number of amides is 2. The van der Waals surface area contributed by atoms with Crippen molar-refractivity contribution >= 4 is 6.03 Å². The molecule has 4 rings (SSSR count). The lowest BCUT2D eigenvalue weighted by Crippen LogP contribution is -2.39. The number of hydrogen-bond acceptors (Lipinski definition) is 6. The van der Waals surface area contributed by atoms with E-state index in [2.05, 4.69) is 15.5 Å². The summed E-state index contributed by atoms with van der Waals surface area (Å²) in [5.41, 5.74) is 0.989. The second kappa shape index (κ2) is 7.46. The minimum atomic E-state index is -0.153. The minimum absolute atomic E-state index is 0.106. The maximum atomic E-state index is 12.5. The van der Waals surface area contributed by atoms with E-state index in [-0.39, 0.29) is 12.1 Å². The molecule has 8 nitrogen and oxygen atoms in total. The monoisotopic (exact) mass is 372 g/mol. The summed E-state index contributed by atoms with van der Waals surface area (Å²) in [5.74, 6) is 3.30. The van der Waals surface area contributed by atoms with Gasteiger partial charge in [-0.1, -0.05) is 11.2 Å². The van der Waals surface area contributed by atoms with Crippen LogP contribution in [0.25, 0.3) is 0 Å². The molecule has 1 aromatic carbocycles. The van der Waals surface area contributed by atoms with Crippen molar-refractivity contribution in [2.24, 2.45) is 0 Å². The number of rotatable bonds is 6. The zero-order valence-corrected chi connectivity index (χ0v) is 15.6. The molecule has 0 radical (unpaired) electrons. The summed E-state index contributed by atoms with van der Waals surface area (Å²) in [6, 6.07) is 5.52. The van der Waals surface area contributed by atoms with Gasteiger partial charge < -0.3 is 24.2 Å². The third-order valence-electron chi connectivity index (χ3n) is 4.99. The molecular weight excluding hydrogens is 348 g/mol. The molecule has 1 aliphatic heterocycles. The maximum Gasteiger partial charge on any atom is 0.317 e. The Morgan fingerprint density at radius 2 is 2.07 bits per heavy atom. The van der Waals surface area contributed by atoms with Crippen molar-refractivity contribution in [2.45, 2.75) is 38.1 Å². The van der Waals surface area contributed by atoms with Crippen LogP contribution in [0.15, 0.2) is 22.7 Å². The fraction of sp³-hybridized carbons (Fsp3) is 0.526. The average molecular weight is 372 g/mol. The molecule has 0 spiro atoms. The highest BCUT2D eigenvalue weighted by Gasteiger charge is 2.28. The summed E-state index contributed by atoms with van der Waals surface area (Å²) in [7, 11) is 1.77. The summed E-state index contributed by atoms with van der Waals surface area (Å²) in [4.78, 5) is 18.5. The first-order valence-corrected chi connectivity index (χ1v) is 9.34. The number of carbonyl (C=O) groups is 1. The lowest BCUT2D eigenvalue weighted by Gasteiger charge is -2.27. The Morgan fingerprint density at radius 3 is 2.85 bits per heavy atom. The number of fused-ring (bicyclic) bond motifs is 1. The van der Waals surface area contributed by atoms with Gasteiger partial charge in [0.2, 0.25) is 5.89 Å². The van der Waals surface area contributed by atoms with Crippen LogP contribution in [0, 0.1) is 0 Å². The molecule has 27 heavy (non-hydrogen) atoms. The molecule has 1 aromatic heterocycles. The van der Waals surface area contributed by atoms with Crippen molar-refractivity contribution in [3.8, 4) is 11.5 Å². The van der Waals surface area contributed by atoms with Gasteiger partial charge in [-0.3, -0.25) is 0 Å². The van der Waals surface area contributed by atoms with Crippen molar-refractivity contribution in [2.75, 3.05) is 26.8 Å². The van der Waals surface area contributed by atoms with Crippen molar-refractivity contribution in [3.63, 3.8) is 0 Å². The van der Waals surface area contributed by atoms with E-state index in [0.717, 1.165) is 35.7 Å². The van der Waals surface area contributed by atoms with Gasteiger partial charge >= 0.3 is 6.03 Å². The normalized spacial score (nSPS) is 16.7. The topological polar surface area (TPSA) is 89.7 Å². The molecule has 1 fully saturated rings. The van der Waals surface area contributed by atoms with Gasteiger partial charge in [-0.05, 0) is 37.5 Å². The number of carbonyl (C=O) groups excluding carboxylic acids is 1. The Balaban J connectivity index is 1.29. The average Bonchev–Trinajstić information content (AvgIpc) is 3.45. The quantitative estimate of drug-likeness (QED) is 0.838.